The Hall–Kier alpha value is -1.92. The summed E-state index contributed by atoms with van der Waals surface area (Å²) >= 11 is 6.09. The van der Waals surface area contributed by atoms with Gasteiger partial charge in [-0.3, -0.25) is 9.59 Å². The number of amides is 2. The molecule has 1 aromatic carbocycles. The van der Waals surface area contributed by atoms with Gasteiger partial charge in [0.15, 0.2) is 0 Å². The second-order valence-electron chi connectivity index (χ2n) is 6.68. The molecule has 2 aliphatic heterocycles. The standard InChI is InChI=1S/C18H18ClFN2O3/c19-13-7-14(22-4-1-2-15(22)24)17-11(18(13)20)6-10-3-5-21(8-12(10)17)16(25)9-23/h7,23H,1-6,8-9H2. The highest BCUT2D eigenvalue weighted by atomic mass is 35.5. The van der Waals surface area contributed by atoms with Crippen molar-refractivity contribution in [2.75, 3.05) is 31.1 Å². The van der Waals surface area contributed by atoms with E-state index in [1.54, 1.807) is 9.80 Å². The Kier molecular flexibility index (Phi) is 4.04. The predicted octanol–water partition coefficient (Wildman–Crippen LogP) is 2.14. The van der Waals surface area contributed by atoms with Crippen molar-refractivity contribution in [3.63, 3.8) is 0 Å². The summed E-state index contributed by atoms with van der Waals surface area (Å²) in [5.74, 6) is -0.771. The topological polar surface area (TPSA) is 60.9 Å². The van der Waals surface area contributed by atoms with Crippen molar-refractivity contribution in [1.82, 2.24) is 4.90 Å². The van der Waals surface area contributed by atoms with Gasteiger partial charge < -0.3 is 14.9 Å². The van der Waals surface area contributed by atoms with Crippen molar-refractivity contribution in [3.8, 4) is 0 Å². The predicted molar refractivity (Wildman–Crippen MR) is 91.9 cm³/mol. The van der Waals surface area contributed by atoms with E-state index in [4.69, 9.17) is 16.7 Å². The minimum atomic E-state index is -0.540. The van der Waals surface area contributed by atoms with Crippen LogP contribution in [0.1, 0.15) is 30.4 Å². The van der Waals surface area contributed by atoms with Gasteiger partial charge in [0.2, 0.25) is 11.8 Å². The van der Waals surface area contributed by atoms with Gasteiger partial charge in [-0.05, 0) is 30.9 Å². The van der Waals surface area contributed by atoms with E-state index in [9.17, 15) is 14.0 Å². The molecule has 132 valence electrons. The number of nitrogens with zero attached hydrogens (tertiary/aromatic N) is 2. The summed E-state index contributed by atoms with van der Waals surface area (Å²) < 4.78 is 14.6. The zero-order valence-corrected chi connectivity index (χ0v) is 14.4. The summed E-state index contributed by atoms with van der Waals surface area (Å²) in [6.07, 6.45) is 2.35. The molecule has 1 aromatic rings. The van der Waals surface area contributed by atoms with Crippen LogP contribution in [0.25, 0.3) is 5.57 Å². The van der Waals surface area contributed by atoms with Gasteiger partial charge in [0, 0.05) is 37.2 Å². The Morgan fingerprint density at radius 1 is 1.32 bits per heavy atom. The average molecular weight is 365 g/mol. The first-order valence-electron chi connectivity index (χ1n) is 8.42. The van der Waals surface area contributed by atoms with Gasteiger partial charge in [0.1, 0.15) is 12.4 Å². The third-order valence-electron chi connectivity index (χ3n) is 5.30. The fraction of sp³-hybridized carbons (Fsp3) is 0.444. The van der Waals surface area contributed by atoms with Crippen molar-refractivity contribution in [2.45, 2.75) is 25.7 Å². The van der Waals surface area contributed by atoms with Crippen LogP contribution in [0.3, 0.4) is 0 Å². The second kappa shape index (κ2) is 6.11. The molecule has 0 aromatic heterocycles. The van der Waals surface area contributed by atoms with E-state index in [0.29, 0.717) is 55.7 Å². The van der Waals surface area contributed by atoms with Crippen molar-refractivity contribution >= 4 is 34.7 Å². The van der Waals surface area contributed by atoms with Crippen LogP contribution >= 0.6 is 11.6 Å². The molecule has 2 amide bonds. The maximum absolute atomic E-state index is 14.6. The minimum Gasteiger partial charge on any atom is -0.387 e. The quantitative estimate of drug-likeness (QED) is 0.874. The fourth-order valence-electron chi connectivity index (χ4n) is 4.06. The highest BCUT2D eigenvalue weighted by molar-refractivity contribution is 6.31. The first-order chi connectivity index (χ1) is 12.0. The molecule has 0 unspecified atom stereocenters. The van der Waals surface area contributed by atoms with E-state index in [2.05, 4.69) is 0 Å². The van der Waals surface area contributed by atoms with Crippen LogP contribution in [0.4, 0.5) is 10.1 Å². The lowest BCUT2D eigenvalue weighted by molar-refractivity contribution is -0.133. The summed E-state index contributed by atoms with van der Waals surface area (Å²) in [4.78, 5) is 27.4. The smallest absolute Gasteiger partial charge is 0.248 e. The fourth-order valence-corrected chi connectivity index (χ4v) is 4.28. The molecule has 0 radical (unpaired) electrons. The number of benzene rings is 1. The highest BCUT2D eigenvalue weighted by Gasteiger charge is 2.36. The third kappa shape index (κ3) is 2.55. The van der Waals surface area contributed by atoms with Crippen molar-refractivity contribution < 1.29 is 19.1 Å². The molecule has 0 bridgehead atoms. The maximum atomic E-state index is 14.6. The summed E-state index contributed by atoms with van der Waals surface area (Å²) in [6.45, 7) is 0.897. The number of rotatable bonds is 2. The molecule has 5 nitrogen and oxygen atoms in total. The van der Waals surface area contributed by atoms with Crippen LogP contribution in [0.5, 0.6) is 0 Å². The first-order valence-corrected chi connectivity index (χ1v) is 8.80. The third-order valence-corrected chi connectivity index (χ3v) is 5.57. The molecule has 1 aliphatic carbocycles. The molecule has 1 N–H and O–H groups in total. The Bertz CT molecular complexity index is 821. The maximum Gasteiger partial charge on any atom is 0.248 e. The van der Waals surface area contributed by atoms with Gasteiger partial charge in [0.25, 0.3) is 0 Å². The van der Waals surface area contributed by atoms with E-state index in [1.807, 2.05) is 0 Å². The van der Waals surface area contributed by atoms with Gasteiger partial charge in [-0.1, -0.05) is 17.2 Å². The van der Waals surface area contributed by atoms with E-state index < -0.39 is 12.4 Å². The van der Waals surface area contributed by atoms with Crippen LogP contribution in [-0.4, -0.2) is 48.1 Å². The number of anilines is 1. The molecule has 1 fully saturated rings. The van der Waals surface area contributed by atoms with Gasteiger partial charge in [-0.15, -0.1) is 0 Å². The largest absolute Gasteiger partial charge is 0.387 e. The monoisotopic (exact) mass is 364 g/mol. The molecule has 1 saturated heterocycles. The van der Waals surface area contributed by atoms with Gasteiger partial charge >= 0.3 is 0 Å². The number of halogens is 2. The number of hydrogen-bond donors (Lipinski definition) is 1. The molecule has 3 aliphatic rings. The summed E-state index contributed by atoms with van der Waals surface area (Å²) in [6, 6.07) is 1.53. The lowest BCUT2D eigenvalue weighted by Crippen LogP contribution is -2.38. The molecular weight excluding hydrogens is 347 g/mol. The summed E-state index contributed by atoms with van der Waals surface area (Å²) in [7, 11) is 0. The van der Waals surface area contributed by atoms with E-state index in [0.717, 1.165) is 17.6 Å². The molecule has 0 saturated carbocycles. The van der Waals surface area contributed by atoms with Gasteiger partial charge in [-0.2, -0.15) is 0 Å². The molecule has 0 spiro atoms. The second-order valence-corrected chi connectivity index (χ2v) is 7.08. The number of hydrogen-bond acceptors (Lipinski definition) is 3. The number of carbonyl (C=O) groups excluding carboxylic acids is 2. The number of aliphatic hydroxyl groups excluding tert-OH is 1. The number of carbonyl (C=O) groups is 2. The van der Waals surface area contributed by atoms with Crippen LogP contribution in [0.2, 0.25) is 5.02 Å². The molecule has 4 rings (SSSR count). The molecule has 7 heteroatoms. The summed E-state index contributed by atoms with van der Waals surface area (Å²) in [5, 5.41) is 9.15. The molecule has 2 heterocycles. The molecule has 25 heavy (non-hydrogen) atoms. The highest BCUT2D eigenvalue weighted by Crippen LogP contribution is 2.46. The number of fused-ring (bicyclic) bond motifs is 2. The van der Waals surface area contributed by atoms with E-state index in [-0.39, 0.29) is 16.8 Å². The normalized spacial score (nSPS) is 19.6. The van der Waals surface area contributed by atoms with Crippen molar-refractivity contribution in [2.24, 2.45) is 0 Å². The Morgan fingerprint density at radius 2 is 2.12 bits per heavy atom. The van der Waals surface area contributed by atoms with Crippen LogP contribution in [0, 0.1) is 5.82 Å². The van der Waals surface area contributed by atoms with Crippen LogP contribution in [-0.2, 0) is 16.0 Å². The zero-order chi connectivity index (χ0) is 17.7. The van der Waals surface area contributed by atoms with E-state index >= 15 is 0 Å². The first kappa shape index (κ1) is 16.5. The lowest BCUT2D eigenvalue weighted by Gasteiger charge is -2.29. The van der Waals surface area contributed by atoms with Gasteiger partial charge in [0.05, 0.1) is 10.7 Å². The Balaban J connectivity index is 1.82. The SMILES string of the molecule is O=C(CO)N1CCC2=C(C1)c1c(N3CCCC3=O)cc(Cl)c(F)c1C2. The lowest BCUT2D eigenvalue weighted by atomic mass is 9.98. The van der Waals surface area contributed by atoms with Crippen LogP contribution in [0.15, 0.2) is 11.6 Å². The Morgan fingerprint density at radius 3 is 2.80 bits per heavy atom. The molecule has 0 atom stereocenters. The van der Waals surface area contributed by atoms with E-state index in [1.165, 1.54) is 6.07 Å². The number of aliphatic hydroxyl groups is 1. The molecular formula is C18H18ClFN2O3. The zero-order valence-electron chi connectivity index (χ0n) is 13.6. The minimum absolute atomic E-state index is 0.0121. The van der Waals surface area contributed by atoms with Crippen molar-refractivity contribution in [1.29, 1.82) is 0 Å². The average Bonchev–Trinajstić information content (AvgIpc) is 3.20. The Labute approximate surface area is 149 Å². The van der Waals surface area contributed by atoms with Gasteiger partial charge in [-0.25, -0.2) is 4.39 Å². The summed E-state index contributed by atoms with van der Waals surface area (Å²) in [5.41, 5.74) is 3.86. The van der Waals surface area contributed by atoms with Crippen LogP contribution < -0.4 is 4.90 Å². The van der Waals surface area contributed by atoms with Crippen molar-refractivity contribution in [3.05, 3.63) is 33.6 Å².